The first-order valence-corrected chi connectivity index (χ1v) is 5.00. The van der Waals surface area contributed by atoms with Crippen LogP contribution in [0.5, 0.6) is 0 Å². The van der Waals surface area contributed by atoms with Gasteiger partial charge in [-0.2, -0.15) is 5.06 Å². The van der Waals surface area contributed by atoms with Crippen molar-refractivity contribution < 1.29 is 5.21 Å². The Morgan fingerprint density at radius 3 is 2.25 bits per heavy atom. The quantitative estimate of drug-likeness (QED) is 0.690. The van der Waals surface area contributed by atoms with Crippen molar-refractivity contribution in [1.29, 1.82) is 0 Å². The SMILES string of the molecule is CCC(C)(C)C1CCN(O)CC1. The van der Waals surface area contributed by atoms with Gasteiger partial charge in [-0.1, -0.05) is 27.2 Å². The zero-order valence-corrected chi connectivity index (χ0v) is 8.51. The van der Waals surface area contributed by atoms with E-state index in [1.165, 1.54) is 11.5 Å². The van der Waals surface area contributed by atoms with E-state index in [0.29, 0.717) is 5.41 Å². The van der Waals surface area contributed by atoms with Crippen LogP contribution in [-0.4, -0.2) is 23.4 Å². The first-order chi connectivity index (χ1) is 5.56. The van der Waals surface area contributed by atoms with Gasteiger partial charge < -0.3 is 5.21 Å². The molecule has 1 N–H and O–H groups in total. The molecule has 0 aromatic heterocycles. The summed E-state index contributed by atoms with van der Waals surface area (Å²) in [5.74, 6) is 0.797. The molecule has 0 bridgehead atoms. The number of hydrogen-bond acceptors (Lipinski definition) is 2. The lowest BCUT2D eigenvalue weighted by atomic mass is 9.72. The predicted octanol–water partition coefficient (Wildman–Crippen LogP) is 2.52. The van der Waals surface area contributed by atoms with Crippen molar-refractivity contribution in [3.8, 4) is 0 Å². The van der Waals surface area contributed by atoms with Gasteiger partial charge in [-0.3, -0.25) is 0 Å². The van der Waals surface area contributed by atoms with Gasteiger partial charge >= 0.3 is 0 Å². The van der Waals surface area contributed by atoms with Crippen molar-refractivity contribution in [2.75, 3.05) is 13.1 Å². The van der Waals surface area contributed by atoms with Gasteiger partial charge in [0.15, 0.2) is 0 Å². The summed E-state index contributed by atoms with van der Waals surface area (Å²) in [5, 5.41) is 10.6. The standard InChI is InChI=1S/C10H21NO/c1-4-10(2,3)9-5-7-11(12)8-6-9/h9,12H,4-8H2,1-3H3. The van der Waals surface area contributed by atoms with Gasteiger partial charge in [-0.05, 0) is 24.2 Å². The monoisotopic (exact) mass is 171 g/mol. The fourth-order valence-corrected chi connectivity index (χ4v) is 1.94. The second kappa shape index (κ2) is 3.75. The summed E-state index contributed by atoms with van der Waals surface area (Å²) in [6, 6.07) is 0. The van der Waals surface area contributed by atoms with E-state index in [-0.39, 0.29) is 0 Å². The first kappa shape index (κ1) is 10.0. The zero-order chi connectivity index (χ0) is 9.19. The second-order valence-electron chi connectivity index (χ2n) is 4.57. The molecule has 1 rings (SSSR count). The van der Waals surface area contributed by atoms with Crippen LogP contribution in [-0.2, 0) is 0 Å². The largest absolute Gasteiger partial charge is 0.314 e. The highest BCUT2D eigenvalue weighted by molar-refractivity contribution is 4.80. The average Bonchev–Trinajstić information content (AvgIpc) is 2.05. The minimum Gasteiger partial charge on any atom is -0.314 e. The second-order valence-corrected chi connectivity index (χ2v) is 4.57. The van der Waals surface area contributed by atoms with Crippen LogP contribution in [0.4, 0.5) is 0 Å². The van der Waals surface area contributed by atoms with Gasteiger partial charge in [0.05, 0.1) is 0 Å². The van der Waals surface area contributed by atoms with Crippen molar-refractivity contribution in [3.63, 3.8) is 0 Å². The number of piperidine rings is 1. The molecule has 0 aliphatic carbocycles. The minimum absolute atomic E-state index is 0.460. The highest BCUT2D eigenvalue weighted by atomic mass is 16.5. The third-order valence-electron chi connectivity index (χ3n) is 3.49. The van der Waals surface area contributed by atoms with Crippen LogP contribution in [0.3, 0.4) is 0 Å². The summed E-state index contributed by atoms with van der Waals surface area (Å²) in [6.45, 7) is 8.64. The molecule has 72 valence electrons. The number of rotatable bonds is 2. The van der Waals surface area contributed by atoms with E-state index in [0.717, 1.165) is 31.8 Å². The van der Waals surface area contributed by atoms with Crippen molar-refractivity contribution >= 4 is 0 Å². The lowest BCUT2D eigenvalue weighted by molar-refractivity contribution is -0.120. The number of nitrogens with zero attached hydrogens (tertiary/aromatic N) is 1. The predicted molar refractivity (Wildman–Crippen MR) is 50.2 cm³/mol. The molecule has 12 heavy (non-hydrogen) atoms. The molecule has 0 radical (unpaired) electrons. The van der Waals surface area contributed by atoms with Crippen LogP contribution in [0.15, 0.2) is 0 Å². The Morgan fingerprint density at radius 1 is 1.33 bits per heavy atom. The highest BCUT2D eigenvalue weighted by Crippen LogP contribution is 2.36. The summed E-state index contributed by atoms with van der Waals surface area (Å²) in [5.41, 5.74) is 0.460. The maximum Gasteiger partial charge on any atom is 0.0241 e. The van der Waals surface area contributed by atoms with Crippen LogP contribution in [0.2, 0.25) is 0 Å². The maximum atomic E-state index is 9.20. The average molecular weight is 171 g/mol. The van der Waals surface area contributed by atoms with Gasteiger partial charge in [-0.25, -0.2) is 0 Å². The van der Waals surface area contributed by atoms with Gasteiger partial charge in [0, 0.05) is 13.1 Å². The molecular formula is C10H21NO. The first-order valence-electron chi connectivity index (χ1n) is 5.00. The molecule has 1 heterocycles. The van der Waals surface area contributed by atoms with Gasteiger partial charge in [0.2, 0.25) is 0 Å². The molecule has 0 atom stereocenters. The summed E-state index contributed by atoms with van der Waals surface area (Å²) >= 11 is 0. The lowest BCUT2D eigenvalue weighted by Gasteiger charge is -2.38. The van der Waals surface area contributed by atoms with E-state index in [2.05, 4.69) is 20.8 Å². The molecule has 0 aromatic carbocycles. The third kappa shape index (κ3) is 2.20. The molecule has 1 fully saturated rings. The number of hydrogen-bond donors (Lipinski definition) is 1. The van der Waals surface area contributed by atoms with Crippen LogP contribution in [0.25, 0.3) is 0 Å². The molecule has 0 saturated carbocycles. The van der Waals surface area contributed by atoms with E-state index < -0.39 is 0 Å². The molecule has 0 aromatic rings. The molecule has 0 spiro atoms. The fraction of sp³-hybridized carbons (Fsp3) is 1.00. The molecule has 0 amide bonds. The molecule has 0 unspecified atom stereocenters. The molecule has 2 heteroatoms. The fourth-order valence-electron chi connectivity index (χ4n) is 1.94. The lowest BCUT2D eigenvalue weighted by Crippen LogP contribution is -2.36. The molecule has 2 nitrogen and oxygen atoms in total. The topological polar surface area (TPSA) is 23.5 Å². The van der Waals surface area contributed by atoms with Gasteiger partial charge in [-0.15, -0.1) is 0 Å². The Kier molecular flexibility index (Phi) is 3.13. The molecular weight excluding hydrogens is 150 g/mol. The Labute approximate surface area is 75.5 Å². The number of hydroxylamine groups is 2. The van der Waals surface area contributed by atoms with Crippen LogP contribution < -0.4 is 0 Å². The van der Waals surface area contributed by atoms with Crippen molar-refractivity contribution in [2.45, 2.75) is 40.0 Å². The van der Waals surface area contributed by atoms with Crippen molar-refractivity contribution in [1.82, 2.24) is 5.06 Å². The van der Waals surface area contributed by atoms with Crippen molar-refractivity contribution in [3.05, 3.63) is 0 Å². The Morgan fingerprint density at radius 2 is 1.83 bits per heavy atom. The summed E-state index contributed by atoms with van der Waals surface area (Å²) in [4.78, 5) is 0. The van der Waals surface area contributed by atoms with Crippen LogP contribution in [0.1, 0.15) is 40.0 Å². The highest BCUT2D eigenvalue weighted by Gasteiger charge is 2.30. The normalized spacial score (nSPS) is 23.0. The Bertz CT molecular complexity index is 137. The summed E-state index contributed by atoms with van der Waals surface area (Å²) in [7, 11) is 0. The third-order valence-corrected chi connectivity index (χ3v) is 3.49. The molecule has 1 saturated heterocycles. The van der Waals surface area contributed by atoms with Gasteiger partial charge in [0.1, 0.15) is 0 Å². The Hall–Kier alpha value is -0.0800. The van der Waals surface area contributed by atoms with Gasteiger partial charge in [0.25, 0.3) is 0 Å². The maximum absolute atomic E-state index is 9.20. The summed E-state index contributed by atoms with van der Waals surface area (Å²) in [6.07, 6.45) is 3.54. The summed E-state index contributed by atoms with van der Waals surface area (Å²) < 4.78 is 0. The van der Waals surface area contributed by atoms with E-state index >= 15 is 0 Å². The van der Waals surface area contributed by atoms with Crippen LogP contribution >= 0.6 is 0 Å². The van der Waals surface area contributed by atoms with Crippen molar-refractivity contribution in [2.24, 2.45) is 11.3 Å². The zero-order valence-electron chi connectivity index (χ0n) is 8.51. The van der Waals surface area contributed by atoms with E-state index in [4.69, 9.17) is 0 Å². The molecule has 1 aliphatic rings. The van der Waals surface area contributed by atoms with E-state index in [1.807, 2.05) is 0 Å². The minimum atomic E-state index is 0.460. The smallest absolute Gasteiger partial charge is 0.0241 e. The Balaban J connectivity index is 2.44. The van der Waals surface area contributed by atoms with E-state index in [1.54, 1.807) is 0 Å². The van der Waals surface area contributed by atoms with Crippen LogP contribution in [0, 0.1) is 11.3 Å². The van der Waals surface area contributed by atoms with E-state index in [9.17, 15) is 5.21 Å². The molecule has 1 aliphatic heterocycles.